The molecule has 11 heteroatoms. The molecule has 1 fully saturated rings. The van der Waals surface area contributed by atoms with Gasteiger partial charge in [-0.3, -0.25) is 0 Å². The van der Waals surface area contributed by atoms with Crippen molar-refractivity contribution in [3.63, 3.8) is 0 Å². The van der Waals surface area contributed by atoms with Gasteiger partial charge in [-0.25, -0.2) is 4.79 Å². The van der Waals surface area contributed by atoms with Crippen molar-refractivity contribution in [3.8, 4) is 5.75 Å². The van der Waals surface area contributed by atoms with E-state index in [0.29, 0.717) is 16.9 Å². The van der Waals surface area contributed by atoms with Gasteiger partial charge in [0.05, 0.1) is 18.2 Å². The minimum absolute atomic E-state index is 0.0641. The standard InChI is InChI=1S/C19H19F3N2O5S/c1-29-16-7-4-14(17(10-16)18(25)26)12-24-9-8-23(30(24,27)28)11-13-2-5-15(6-3-13)19(20,21)22/h2-7,10H,8-9,11-12H2,1H3,(H,25,26). The molecule has 1 saturated heterocycles. The molecule has 0 aliphatic carbocycles. The molecule has 30 heavy (non-hydrogen) atoms. The molecule has 0 unspecified atom stereocenters. The number of carbonyl (C=O) groups is 1. The first-order chi connectivity index (χ1) is 14.0. The van der Waals surface area contributed by atoms with E-state index in [2.05, 4.69) is 0 Å². The molecule has 3 rings (SSSR count). The van der Waals surface area contributed by atoms with Crippen molar-refractivity contribution in [2.24, 2.45) is 0 Å². The molecule has 1 heterocycles. The van der Waals surface area contributed by atoms with E-state index >= 15 is 0 Å². The van der Waals surface area contributed by atoms with Gasteiger partial charge in [0.15, 0.2) is 0 Å². The van der Waals surface area contributed by atoms with Gasteiger partial charge in [-0.15, -0.1) is 0 Å². The summed E-state index contributed by atoms with van der Waals surface area (Å²) in [4.78, 5) is 11.5. The minimum Gasteiger partial charge on any atom is -0.497 e. The van der Waals surface area contributed by atoms with E-state index in [0.717, 1.165) is 20.7 Å². The maximum Gasteiger partial charge on any atom is 0.416 e. The molecule has 0 saturated carbocycles. The molecule has 1 aliphatic rings. The van der Waals surface area contributed by atoms with Gasteiger partial charge in [0, 0.05) is 26.2 Å². The van der Waals surface area contributed by atoms with E-state index in [9.17, 15) is 31.5 Å². The number of nitrogens with zero attached hydrogens (tertiary/aromatic N) is 2. The van der Waals surface area contributed by atoms with Crippen LogP contribution in [0.5, 0.6) is 5.75 Å². The highest BCUT2D eigenvalue weighted by Gasteiger charge is 2.37. The van der Waals surface area contributed by atoms with E-state index in [4.69, 9.17) is 4.74 Å². The summed E-state index contributed by atoms with van der Waals surface area (Å²) in [6.45, 7) is 0.0544. The number of aromatic carboxylic acids is 1. The highest BCUT2D eigenvalue weighted by Crippen LogP contribution is 2.30. The number of methoxy groups -OCH3 is 1. The van der Waals surface area contributed by atoms with Crippen LogP contribution in [-0.2, 0) is 29.5 Å². The van der Waals surface area contributed by atoms with Crippen LogP contribution in [0.1, 0.15) is 27.0 Å². The van der Waals surface area contributed by atoms with Gasteiger partial charge in [-0.05, 0) is 35.4 Å². The second-order valence-electron chi connectivity index (χ2n) is 6.70. The second-order valence-corrected chi connectivity index (χ2v) is 8.63. The Morgan fingerprint density at radius 3 is 2.20 bits per heavy atom. The van der Waals surface area contributed by atoms with Crippen LogP contribution >= 0.6 is 0 Å². The largest absolute Gasteiger partial charge is 0.497 e. The summed E-state index contributed by atoms with van der Waals surface area (Å²) in [5.41, 5.74) is -0.143. The number of alkyl halides is 3. The van der Waals surface area contributed by atoms with Crippen molar-refractivity contribution in [1.29, 1.82) is 0 Å². The number of hydrogen-bond donors (Lipinski definition) is 1. The van der Waals surface area contributed by atoms with Crippen molar-refractivity contribution in [1.82, 2.24) is 8.61 Å². The van der Waals surface area contributed by atoms with Gasteiger partial charge in [0.25, 0.3) is 10.2 Å². The summed E-state index contributed by atoms with van der Waals surface area (Å²) in [6, 6.07) is 8.67. The molecule has 1 aliphatic heterocycles. The van der Waals surface area contributed by atoms with Crippen LogP contribution in [0, 0.1) is 0 Å². The number of rotatable bonds is 6. The van der Waals surface area contributed by atoms with Crippen LogP contribution in [0.2, 0.25) is 0 Å². The third-order valence-corrected chi connectivity index (χ3v) is 6.71. The molecule has 0 amide bonds. The van der Waals surface area contributed by atoms with Gasteiger partial charge in [-0.2, -0.15) is 30.2 Å². The number of ether oxygens (including phenoxy) is 1. The monoisotopic (exact) mass is 444 g/mol. The van der Waals surface area contributed by atoms with Crippen molar-refractivity contribution < 1.29 is 36.2 Å². The van der Waals surface area contributed by atoms with Gasteiger partial charge in [0.2, 0.25) is 0 Å². The van der Waals surface area contributed by atoms with Gasteiger partial charge < -0.3 is 9.84 Å². The third kappa shape index (κ3) is 4.58. The van der Waals surface area contributed by atoms with Crippen LogP contribution in [0.3, 0.4) is 0 Å². The molecule has 0 spiro atoms. The molecular weight excluding hydrogens is 425 g/mol. The number of halogens is 3. The van der Waals surface area contributed by atoms with Crippen molar-refractivity contribution in [2.75, 3.05) is 20.2 Å². The van der Waals surface area contributed by atoms with E-state index in [1.165, 1.54) is 31.4 Å². The Kier molecular flexibility index (Phi) is 6.06. The summed E-state index contributed by atoms with van der Waals surface area (Å²) < 4.78 is 71.0. The second kappa shape index (κ2) is 8.25. The summed E-state index contributed by atoms with van der Waals surface area (Å²) in [5, 5.41) is 9.40. The van der Waals surface area contributed by atoms with Crippen LogP contribution in [0.25, 0.3) is 0 Å². The predicted molar refractivity (Wildman–Crippen MR) is 101 cm³/mol. The van der Waals surface area contributed by atoms with Crippen LogP contribution in [0.15, 0.2) is 42.5 Å². The zero-order valence-corrected chi connectivity index (χ0v) is 16.7. The average molecular weight is 444 g/mol. The molecule has 1 N–H and O–H groups in total. The van der Waals surface area contributed by atoms with Crippen LogP contribution in [0.4, 0.5) is 13.2 Å². The number of hydrogen-bond acceptors (Lipinski definition) is 4. The van der Waals surface area contributed by atoms with E-state index in [1.807, 2.05) is 0 Å². The Morgan fingerprint density at radius 1 is 1.07 bits per heavy atom. The fourth-order valence-electron chi connectivity index (χ4n) is 3.15. The molecule has 0 radical (unpaired) electrons. The number of carboxylic acids is 1. The van der Waals surface area contributed by atoms with Crippen molar-refractivity contribution >= 4 is 16.2 Å². The summed E-state index contributed by atoms with van der Waals surface area (Å²) in [7, 11) is -2.51. The summed E-state index contributed by atoms with van der Waals surface area (Å²) >= 11 is 0. The Hall–Kier alpha value is -2.63. The lowest BCUT2D eigenvalue weighted by Gasteiger charge is -2.20. The molecule has 7 nitrogen and oxygen atoms in total. The summed E-state index contributed by atoms with van der Waals surface area (Å²) in [6.07, 6.45) is -4.46. The smallest absolute Gasteiger partial charge is 0.416 e. The maximum atomic E-state index is 12.8. The highest BCUT2D eigenvalue weighted by molar-refractivity contribution is 7.86. The third-order valence-electron chi connectivity index (χ3n) is 4.79. The first-order valence-electron chi connectivity index (χ1n) is 8.84. The highest BCUT2D eigenvalue weighted by atomic mass is 32.2. The Balaban J connectivity index is 1.76. The topological polar surface area (TPSA) is 87.2 Å². The lowest BCUT2D eigenvalue weighted by molar-refractivity contribution is -0.137. The van der Waals surface area contributed by atoms with Crippen molar-refractivity contribution in [2.45, 2.75) is 19.3 Å². The number of carboxylic acid groups (broad SMARTS) is 1. The van der Waals surface area contributed by atoms with Gasteiger partial charge in [-0.1, -0.05) is 18.2 Å². The van der Waals surface area contributed by atoms with Gasteiger partial charge >= 0.3 is 12.1 Å². The maximum absolute atomic E-state index is 12.8. The molecular formula is C19H19F3N2O5S. The molecule has 0 aromatic heterocycles. The minimum atomic E-state index is -4.46. The van der Waals surface area contributed by atoms with E-state index < -0.39 is 27.9 Å². The van der Waals surface area contributed by atoms with Gasteiger partial charge in [0.1, 0.15) is 5.75 Å². The first kappa shape index (κ1) is 22.1. The van der Waals surface area contributed by atoms with Crippen LogP contribution < -0.4 is 4.74 Å². The van der Waals surface area contributed by atoms with Crippen LogP contribution in [-0.4, -0.2) is 48.3 Å². The average Bonchev–Trinajstić information content (AvgIpc) is 2.95. The zero-order valence-electron chi connectivity index (χ0n) is 15.9. The zero-order chi connectivity index (χ0) is 22.1. The SMILES string of the molecule is COc1ccc(CN2CCN(Cc3ccc(C(F)(F)F)cc3)S2(=O)=O)c(C(=O)O)c1. The van der Waals surface area contributed by atoms with Crippen molar-refractivity contribution in [3.05, 3.63) is 64.7 Å². The normalized spacial score (nSPS) is 17.2. The Labute approximate surface area is 171 Å². The molecule has 162 valence electrons. The number of benzene rings is 2. The molecule has 2 aromatic rings. The van der Waals surface area contributed by atoms with E-state index in [1.54, 1.807) is 6.07 Å². The molecule has 0 bridgehead atoms. The molecule has 0 atom stereocenters. The Bertz CT molecular complexity index is 1040. The lowest BCUT2D eigenvalue weighted by atomic mass is 10.1. The fourth-order valence-corrected chi connectivity index (χ4v) is 4.72. The van der Waals surface area contributed by atoms with E-state index in [-0.39, 0.29) is 31.7 Å². The lowest BCUT2D eigenvalue weighted by Crippen LogP contribution is -2.32. The summed E-state index contributed by atoms with van der Waals surface area (Å²) in [5.74, 6) is -0.869. The fraction of sp³-hybridized carbons (Fsp3) is 0.316. The quantitative estimate of drug-likeness (QED) is 0.740. The molecule has 2 aromatic carbocycles. The first-order valence-corrected chi connectivity index (χ1v) is 10.2. The Morgan fingerprint density at radius 2 is 1.67 bits per heavy atom. The predicted octanol–water partition coefficient (Wildman–Crippen LogP) is 2.97.